The molecule has 2 heterocycles. The van der Waals surface area contributed by atoms with Gasteiger partial charge in [0.15, 0.2) is 0 Å². The van der Waals surface area contributed by atoms with E-state index in [1.807, 2.05) is 47.2 Å². The Morgan fingerprint density at radius 2 is 1.81 bits per heavy atom. The summed E-state index contributed by atoms with van der Waals surface area (Å²) in [6, 6.07) is 16.5. The summed E-state index contributed by atoms with van der Waals surface area (Å²) in [6.07, 6.45) is 3.65. The van der Waals surface area contributed by atoms with Crippen LogP contribution in [-0.4, -0.2) is 9.55 Å². The quantitative estimate of drug-likeness (QED) is 0.777. The first-order valence-electron chi connectivity index (χ1n) is 6.86. The zero-order valence-electron chi connectivity index (χ0n) is 11.5. The molecule has 3 aromatic rings. The van der Waals surface area contributed by atoms with E-state index in [2.05, 4.69) is 10.3 Å². The number of halogens is 1. The van der Waals surface area contributed by atoms with E-state index < -0.39 is 0 Å². The molecular formula is C17H16FN3. The van der Waals surface area contributed by atoms with Crippen molar-refractivity contribution in [3.8, 4) is 5.69 Å². The van der Waals surface area contributed by atoms with Crippen molar-refractivity contribution in [3.05, 3.63) is 84.2 Å². The fourth-order valence-corrected chi connectivity index (χ4v) is 2.26. The largest absolute Gasteiger partial charge is 0.317 e. The Labute approximate surface area is 123 Å². The molecule has 0 amide bonds. The molecule has 0 saturated heterocycles. The Bertz CT molecular complexity index is 707. The monoisotopic (exact) mass is 281 g/mol. The zero-order valence-corrected chi connectivity index (χ0v) is 11.5. The fraction of sp³-hybridized carbons (Fsp3) is 0.118. The van der Waals surface area contributed by atoms with E-state index >= 15 is 0 Å². The molecule has 0 aliphatic rings. The third-order valence-electron chi connectivity index (χ3n) is 3.28. The maximum absolute atomic E-state index is 13.9. The SMILES string of the molecule is Fc1ccccc1-n1cccc1CNCc1ccccn1. The van der Waals surface area contributed by atoms with Crippen LogP contribution < -0.4 is 5.32 Å². The van der Waals surface area contributed by atoms with Crippen molar-refractivity contribution in [1.82, 2.24) is 14.9 Å². The van der Waals surface area contributed by atoms with Crippen LogP contribution >= 0.6 is 0 Å². The molecule has 0 atom stereocenters. The van der Waals surface area contributed by atoms with Gasteiger partial charge in [0.2, 0.25) is 0 Å². The van der Waals surface area contributed by atoms with Gasteiger partial charge >= 0.3 is 0 Å². The second-order valence-corrected chi connectivity index (χ2v) is 4.75. The van der Waals surface area contributed by atoms with Crippen LogP contribution in [0.25, 0.3) is 5.69 Å². The number of hydrogen-bond donors (Lipinski definition) is 1. The molecule has 0 fully saturated rings. The minimum Gasteiger partial charge on any atom is -0.317 e. The van der Waals surface area contributed by atoms with Crippen LogP contribution in [0.2, 0.25) is 0 Å². The highest BCUT2D eigenvalue weighted by Crippen LogP contribution is 2.16. The molecule has 4 heteroatoms. The lowest BCUT2D eigenvalue weighted by Gasteiger charge is -2.11. The van der Waals surface area contributed by atoms with E-state index in [9.17, 15) is 4.39 Å². The lowest BCUT2D eigenvalue weighted by atomic mass is 10.3. The summed E-state index contributed by atoms with van der Waals surface area (Å²) in [5.41, 5.74) is 2.56. The van der Waals surface area contributed by atoms with E-state index in [0.717, 1.165) is 11.4 Å². The summed E-state index contributed by atoms with van der Waals surface area (Å²) >= 11 is 0. The van der Waals surface area contributed by atoms with E-state index in [4.69, 9.17) is 0 Å². The number of benzene rings is 1. The molecular weight excluding hydrogens is 265 g/mol. The second kappa shape index (κ2) is 6.33. The van der Waals surface area contributed by atoms with Gasteiger partial charge in [-0.3, -0.25) is 4.98 Å². The topological polar surface area (TPSA) is 29.9 Å². The van der Waals surface area contributed by atoms with Gasteiger partial charge in [0.05, 0.1) is 11.4 Å². The Kier molecular flexibility index (Phi) is 4.07. The molecule has 3 nitrogen and oxygen atoms in total. The van der Waals surface area contributed by atoms with Crippen molar-refractivity contribution in [2.24, 2.45) is 0 Å². The molecule has 0 radical (unpaired) electrons. The van der Waals surface area contributed by atoms with Crippen molar-refractivity contribution in [2.75, 3.05) is 0 Å². The average Bonchev–Trinajstić information content (AvgIpc) is 2.97. The number of para-hydroxylation sites is 1. The van der Waals surface area contributed by atoms with Gasteiger partial charge in [0.25, 0.3) is 0 Å². The van der Waals surface area contributed by atoms with Crippen molar-refractivity contribution in [1.29, 1.82) is 0 Å². The number of hydrogen-bond acceptors (Lipinski definition) is 2. The first-order valence-corrected chi connectivity index (χ1v) is 6.86. The lowest BCUT2D eigenvalue weighted by molar-refractivity contribution is 0.609. The molecule has 21 heavy (non-hydrogen) atoms. The number of nitrogens with zero attached hydrogens (tertiary/aromatic N) is 2. The predicted molar refractivity (Wildman–Crippen MR) is 80.5 cm³/mol. The molecule has 3 rings (SSSR count). The second-order valence-electron chi connectivity index (χ2n) is 4.75. The Morgan fingerprint density at radius 1 is 0.952 bits per heavy atom. The summed E-state index contributed by atoms with van der Waals surface area (Å²) in [5, 5.41) is 3.33. The molecule has 0 bridgehead atoms. The summed E-state index contributed by atoms with van der Waals surface area (Å²) in [4.78, 5) is 4.26. The lowest BCUT2D eigenvalue weighted by Crippen LogP contribution is -2.16. The highest BCUT2D eigenvalue weighted by Gasteiger charge is 2.07. The number of nitrogens with one attached hydrogen (secondary N) is 1. The van der Waals surface area contributed by atoms with Crippen LogP contribution in [0.4, 0.5) is 4.39 Å². The minimum absolute atomic E-state index is 0.223. The number of rotatable bonds is 5. The van der Waals surface area contributed by atoms with Gasteiger partial charge in [0.1, 0.15) is 5.82 Å². The highest BCUT2D eigenvalue weighted by atomic mass is 19.1. The molecule has 2 aromatic heterocycles. The van der Waals surface area contributed by atoms with E-state index in [1.165, 1.54) is 6.07 Å². The van der Waals surface area contributed by atoms with Crippen LogP contribution in [0.15, 0.2) is 67.0 Å². The maximum Gasteiger partial charge on any atom is 0.147 e. The molecule has 1 aromatic carbocycles. The van der Waals surface area contributed by atoms with Gasteiger partial charge in [-0.2, -0.15) is 0 Å². The van der Waals surface area contributed by atoms with Gasteiger partial charge < -0.3 is 9.88 Å². The first-order chi connectivity index (χ1) is 10.3. The standard InChI is InChI=1S/C17H16FN3/c18-16-8-1-2-9-17(16)21-11-5-7-15(21)13-19-12-14-6-3-4-10-20-14/h1-11,19H,12-13H2. The summed E-state index contributed by atoms with van der Waals surface area (Å²) < 4.78 is 15.7. The predicted octanol–water partition coefficient (Wildman–Crippen LogP) is 3.30. The maximum atomic E-state index is 13.9. The Hall–Kier alpha value is -2.46. The van der Waals surface area contributed by atoms with Gasteiger partial charge in [-0.1, -0.05) is 18.2 Å². The summed E-state index contributed by atoms with van der Waals surface area (Å²) in [5.74, 6) is -0.223. The summed E-state index contributed by atoms with van der Waals surface area (Å²) in [6.45, 7) is 1.33. The summed E-state index contributed by atoms with van der Waals surface area (Å²) in [7, 11) is 0. The Balaban J connectivity index is 1.70. The number of pyridine rings is 1. The number of aromatic nitrogens is 2. The molecule has 0 unspecified atom stereocenters. The van der Waals surface area contributed by atoms with Gasteiger partial charge in [-0.05, 0) is 36.4 Å². The fourth-order valence-electron chi connectivity index (χ4n) is 2.26. The third kappa shape index (κ3) is 3.17. The average molecular weight is 281 g/mol. The van der Waals surface area contributed by atoms with Crippen LogP contribution in [-0.2, 0) is 13.1 Å². The van der Waals surface area contributed by atoms with Gasteiger partial charge in [-0.25, -0.2) is 4.39 Å². The van der Waals surface area contributed by atoms with Crippen molar-refractivity contribution in [2.45, 2.75) is 13.1 Å². The Morgan fingerprint density at radius 3 is 2.62 bits per heavy atom. The smallest absolute Gasteiger partial charge is 0.147 e. The van der Waals surface area contributed by atoms with Crippen molar-refractivity contribution in [3.63, 3.8) is 0 Å². The van der Waals surface area contributed by atoms with Crippen molar-refractivity contribution >= 4 is 0 Å². The molecule has 106 valence electrons. The van der Waals surface area contributed by atoms with Crippen LogP contribution in [0.1, 0.15) is 11.4 Å². The highest BCUT2D eigenvalue weighted by molar-refractivity contribution is 5.36. The zero-order chi connectivity index (χ0) is 14.5. The third-order valence-corrected chi connectivity index (χ3v) is 3.28. The van der Waals surface area contributed by atoms with Crippen molar-refractivity contribution < 1.29 is 4.39 Å². The van der Waals surface area contributed by atoms with Gasteiger partial charge in [0, 0.05) is 31.2 Å². The van der Waals surface area contributed by atoms with E-state index in [1.54, 1.807) is 18.3 Å². The molecule has 0 aliphatic carbocycles. The first kappa shape index (κ1) is 13.5. The minimum atomic E-state index is -0.223. The molecule has 0 spiro atoms. The molecule has 0 saturated carbocycles. The van der Waals surface area contributed by atoms with Crippen LogP contribution in [0.3, 0.4) is 0 Å². The van der Waals surface area contributed by atoms with E-state index in [-0.39, 0.29) is 5.82 Å². The van der Waals surface area contributed by atoms with Crippen LogP contribution in [0.5, 0.6) is 0 Å². The van der Waals surface area contributed by atoms with Gasteiger partial charge in [-0.15, -0.1) is 0 Å². The van der Waals surface area contributed by atoms with Crippen LogP contribution in [0, 0.1) is 5.82 Å². The normalized spacial score (nSPS) is 10.7. The molecule has 0 aliphatic heterocycles. The van der Waals surface area contributed by atoms with E-state index in [0.29, 0.717) is 18.8 Å². The molecule has 1 N–H and O–H groups in total.